The third-order valence-corrected chi connectivity index (χ3v) is 3.29. The maximum atomic E-state index is 10.9. The van der Waals surface area contributed by atoms with Crippen LogP contribution < -0.4 is 0 Å². The molecule has 0 aliphatic carbocycles. The number of hydrogen-bond donors (Lipinski definition) is 0. The van der Waals surface area contributed by atoms with Crippen molar-refractivity contribution in [2.45, 2.75) is 25.8 Å². The molecule has 2 rings (SSSR count). The topological polar surface area (TPSA) is 60.4 Å². The van der Waals surface area contributed by atoms with E-state index in [1.807, 2.05) is 22.7 Å². The van der Waals surface area contributed by atoms with Gasteiger partial charge in [0.25, 0.3) is 0 Å². The standard InChI is InChI=1S/C11H12BrN3O2/c1-11(2,15(16)17)6-8-7-13-10-9(12)4-3-5-14(8)10/h3-5,7H,6H2,1-2H3. The normalized spacial score (nSPS) is 11.9. The van der Waals surface area contributed by atoms with Gasteiger partial charge in [-0.05, 0) is 28.1 Å². The monoisotopic (exact) mass is 297 g/mol. The van der Waals surface area contributed by atoms with E-state index >= 15 is 0 Å². The Hall–Kier alpha value is -1.43. The number of nitro groups is 1. The molecule has 2 heterocycles. The number of pyridine rings is 1. The first kappa shape index (κ1) is 12.0. The van der Waals surface area contributed by atoms with Gasteiger partial charge in [-0.15, -0.1) is 0 Å². The summed E-state index contributed by atoms with van der Waals surface area (Å²) < 4.78 is 2.75. The zero-order valence-electron chi connectivity index (χ0n) is 9.55. The largest absolute Gasteiger partial charge is 0.303 e. The molecule has 17 heavy (non-hydrogen) atoms. The van der Waals surface area contributed by atoms with Gasteiger partial charge in [-0.2, -0.15) is 0 Å². The maximum absolute atomic E-state index is 10.9. The van der Waals surface area contributed by atoms with Gasteiger partial charge in [-0.3, -0.25) is 10.1 Å². The first-order chi connectivity index (χ1) is 7.92. The van der Waals surface area contributed by atoms with Gasteiger partial charge in [0.15, 0.2) is 5.65 Å². The molecule has 2 aromatic heterocycles. The first-order valence-electron chi connectivity index (χ1n) is 5.17. The predicted octanol–water partition coefficient (Wildman–Crippen LogP) is 2.69. The van der Waals surface area contributed by atoms with E-state index in [2.05, 4.69) is 20.9 Å². The third-order valence-electron chi connectivity index (χ3n) is 2.67. The van der Waals surface area contributed by atoms with Gasteiger partial charge in [-0.25, -0.2) is 4.98 Å². The number of imidazole rings is 1. The molecule has 90 valence electrons. The van der Waals surface area contributed by atoms with E-state index in [0.29, 0.717) is 6.42 Å². The van der Waals surface area contributed by atoms with Crippen LogP contribution in [-0.2, 0) is 6.42 Å². The van der Waals surface area contributed by atoms with Gasteiger partial charge in [0.1, 0.15) is 0 Å². The van der Waals surface area contributed by atoms with E-state index < -0.39 is 5.54 Å². The molecule has 0 N–H and O–H groups in total. The van der Waals surface area contributed by atoms with Gasteiger partial charge in [-0.1, -0.05) is 0 Å². The van der Waals surface area contributed by atoms with Crippen molar-refractivity contribution in [3.8, 4) is 0 Å². The second kappa shape index (κ2) is 4.10. The summed E-state index contributed by atoms with van der Waals surface area (Å²) in [4.78, 5) is 14.9. The molecular weight excluding hydrogens is 286 g/mol. The van der Waals surface area contributed by atoms with Gasteiger partial charge >= 0.3 is 0 Å². The molecule has 0 aromatic carbocycles. The SMILES string of the molecule is CC(C)(Cc1cnc2c(Br)cccn12)[N+](=O)[O-]. The molecule has 0 aliphatic heterocycles. The van der Waals surface area contributed by atoms with Crippen LogP contribution in [-0.4, -0.2) is 19.8 Å². The van der Waals surface area contributed by atoms with Crippen LogP contribution in [0.15, 0.2) is 29.0 Å². The van der Waals surface area contributed by atoms with E-state index in [9.17, 15) is 10.1 Å². The van der Waals surface area contributed by atoms with Crippen LogP contribution in [0.3, 0.4) is 0 Å². The van der Waals surface area contributed by atoms with Crippen LogP contribution in [0, 0.1) is 10.1 Å². The average molecular weight is 298 g/mol. The Morgan fingerprint density at radius 3 is 2.94 bits per heavy atom. The molecule has 0 spiro atoms. The van der Waals surface area contributed by atoms with Crippen LogP contribution in [0.2, 0.25) is 0 Å². The third kappa shape index (κ3) is 2.17. The molecule has 0 atom stereocenters. The Balaban J connectivity index is 2.44. The van der Waals surface area contributed by atoms with Crippen LogP contribution in [0.4, 0.5) is 0 Å². The second-order valence-corrected chi connectivity index (χ2v) is 5.40. The lowest BCUT2D eigenvalue weighted by Crippen LogP contribution is -2.33. The fourth-order valence-electron chi connectivity index (χ4n) is 1.67. The quantitative estimate of drug-likeness (QED) is 0.646. The molecule has 0 saturated heterocycles. The molecular formula is C11H12BrN3O2. The Labute approximate surface area is 107 Å². The van der Waals surface area contributed by atoms with Gasteiger partial charge < -0.3 is 4.40 Å². The maximum Gasteiger partial charge on any atom is 0.222 e. The number of hydrogen-bond acceptors (Lipinski definition) is 3. The van der Waals surface area contributed by atoms with Crippen LogP contribution in [0.1, 0.15) is 19.5 Å². The summed E-state index contributed by atoms with van der Waals surface area (Å²) in [5.41, 5.74) is 0.628. The van der Waals surface area contributed by atoms with Gasteiger partial charge in [0.05, 0.1) is 10.9 Å². The fourth-order valence-corrected chi connectivity index (χ4v) is 2.11. The number of aromatic nitrogens is 2. The first-order valence-corrected chi connectivity index (χ1v) is 5.96. The summed E-state index contributed by atoms with van der Waals surface area (Å²) >= 11 is 3.40. The van der Waals surface area contributed by atoms with Crippen LogP contribution in [0.5, 0.6) is 0 Å². The Morgan fingerprint density at radius 1 is 1.59 bits per heavy atom. The molecule has 0 unspecified atom stereocenters. The molecule has 0 radical (unpaired) electrons. The summed E-state index contributed by atoms with van der Waals surface area (Å²) in [5.74, 6) is 0. The van der Waals surface area contributed by atoms with E-state index in [4.69, 9.17) is 0 Å². The molecule has 0 amide bonds. The summed E-state index contributed by atoms with van der Waals surface area (Å²) in [5, 5.41) is 10.9. The van der Waals surface area contributed by atoms with E-state index in [1.165, 1.54) is 0 Å². The summed E-state index contributed by atoms with van der Waals surface area (Å²) in [6.45, 7) is 3.23. The van der Waals surface area contributed by atoms with Crippen molar-refractivity contribution < 1.29 is 4.92 Å². The molecule has 0 aliphatic rings. The van der Waals surface area contributed by atoms with Gasteiger partial charge in [0.2, 0.25) is 5.54 Å². The smallest absolute Gasteiger partial charge is 0.222 e. The van der Waals surface area contributed by atoms with Crippen molar-refractivity contribution in [1.82, 2.24) is 9.38 Å². The van der Waals surface area contributed by atoms with E-state index in [1.54, 1.807) is 20.0 Å². The Bertz CT molecular complexity index is 577. The molecule has 0 bridgehead atoms. The number of rotatable bonds is 3. The molecule has 2 aromatic rings. The van der Waals surface area contributed by atoms with Crippen molar-refractivity contribution in [2.24, 2.45) is 0 Å². The number of nitrogens with zero attached hydrogens (tertiary/aromatic N) is 3. The number of fused-ring (bicyclic) bond motifs is 1. The van der Waals surface area contributed by atoms with E-state index in [0.717, 1.165) is 15.8 Å². The highest BCUT2D eigenvalue weighted by Gasteiger charge is 2.32. The molecule has 0 fully saturated rings. The average Bonchev–Trinajstić information content (AvgIpc) is 2.62. The molecule has 0 saturated carbocycles. The molecule has 5 nitrogen and oxygen atoms in total. The zero-order valence-corrected chi connectivity index (χ0v) is 11.1. The Morgan fingerprint density at radius 2 is 2.29 bits per heavy atom. The van der Waals surface area contributed by atoms with Gasteiger partial charge in [0, 0.05) is 36.9 Å². The minimum absolute atomic E-state index is 0.260. The van der Waals surface area contributed by atoms with Crippen molar-refractivity contribution in [2.75, 3.05) is 0 Å². The lowest BCUT2D eigenvalue weighted by atomic mass is 10.00. The second-order valence-electron chi connectivity index (χ2n) is 4.55. The predicted molar refractivity (Wildman–Crippen MR) is 67.7 cm³/mol. The summed E-state index contributed by atoms with van der Waals surface area (Å²) in [6.07, 6.45) is 3.89. The highest BCUT2D eigenvalue weighted by atomic mass is 79.9. The molecule has 6 heteroatoms. The van der Waals surface area contributed by atoms with Crippen molar-refractivity contribution >= 4 is 21.6 Å². The summed E-state index contributed by atoms with van der Waals surface area (Å²) in [6, 6.07) is 3.77. The number of halogens is 1. The van der Waals surface area contributed by atoms with Crippen LogP contribution >= 0.6 is 15.9 Å². The van der Waals surface area contributed by atoms with E-state index in [-0.39, 0.29) is 4.92 Å². The lowest BCUT2D eigenvalue weighted by Gasteiger charge is -2.14. The Kier molecular flexibility index (Phi) is 2.91. The highest BCUT2D eigenvalue weighted by molar-refractivity contribution is 9.10. The van der Waals surface area contributed by atoms with Crippen molar-refractivity contribution in [3.05, 3.63) is 44.8 Å². The van der Waals surface area contributed by atoms with Crippen molar-refractivity contribution in [1.29, 1.82) is 0 Å². The highest BCUT2D eigenvalue weighted by Crippen LogP contribution is 2.21. The summed E-state index contributed by atoms with van der Waals surface area (Å²) in [7, 11) is 0. The minimum Gasteiger partial charge on any atom is -0.303 e. The zero-order chi connectivity index (χ0) is 12.6. The van der Waals surface area contributed by atoms with Crippen LogP contribution in [0.25, 0.3) is 5.65 Å². The fraction of sp³-hybridized carbons (Fsp3) is 0.364. The van der Waals surface area contributed by atoms with Crippen molar-refractivity contribution in [3.63, 3.8) is 0 Å². The minimum atomic E-state index is -0.988. The lowest BCUT2D eigenvalue weighted by molar-refractivity contribution is -0.560.